The molecule has 1 N–H and O–H groups in total. The minimum Gasteiger partial charge on any atom is -0.394 e. The summed E-state index contributed by atoms with van der Waals surface area (Å²) in [6.07, 6.45) is 7.19. The van der Waals surface area contributed by atoms with Crippen LogP contribution in [0.25, 0.3) is 0 Å². The molecule has 1 aromatic rings. The largest absolute Gasteiger partial charge is 0.394 e. The third-order valence-corrected chi connectivity index (χ3v) is 11.7. The molecule has 1 aromatic carbocycles. The maximum absolute atomic E-state index is 14.7. The van der Waals surface area contributed by atoms with E-state index in [1.54, 1.807) is 33.7 Å². The molecule has 2 bridgehead atoms. The normalized spacial score (nSPS) is 28.6. The molecular weight excluding hydrogens is 546 g/mol. The standard InChI is InChI=1S/C34H49N3O4S/c1-7-10-14-19-35(17-8-2)33(41)30-34-24(6)20-27(42-34)28(29(34)32(40)37(30)26(22-38)23(4)5)31(39)36(18-9-3)21-25-15-12-11-13-16-25/h8-9,11-13,15-16,23-24,26-30,38H,2-3,7,10,14,17-22H2,1,4-6H3/t24?,26-,27-,28+,29-,30?,34?/m0/s1. The van der Waals surface area contributed by atoms with Crippen LogP contribution in [0.1, 0.15) is 58.9 Å². The Balaban J connectivity index is 1.77. The molecule has 42 heavy (non-hydrogen) atoms. The highest BCUT2D eigenvalue weighted by atomic mass is 32.2. The molecule has 3 fully saturated rings. The minimum atomic E-state index is -0.735. The highest BCUT2D eigenvalue weighted by Gasteiger charge is 2.77. The van der Waals surface area contributed by atoms with Gasteiger partial charge >= 0.3 is 0 Å². The van der Waals surface area contributed by atoms with Crippen LogP contribution in [-0.4, -0.2) is 85.8 Å². The molecule has 4 rings (SSSR count). The summed E-state index contributed by atoms with van der Waals surface area (Å²) in [4.78, 5) is 49.1. The summed E-state index contributed by atoms with van der Waals surface area (Å²) in [6.45, 7) is 17.6. The van der Waals surface area contributed by atoms with Crippen LogP contribution in [0.4, 0.5) is 0 Å². The number of amides is 3. The summed E-state index contributed by atoms with van der Waals surface area (Å²) >= 11 is 1.69. The molecule has 7 nitrogen and oxygen atoms in total. The topological polar surface area (TPSA) is 81.2 Å². The van der Waals surface area contributed by atoms with Gasteiger partial charge < -0.3 is 19.8 Å². The lowest BCUT2D eigenvalue weighted by molar-refractivity contribution is -0.148. The zero-order chi connectivity index (χ0) is 30.6. The Morgan fingerprint density at radius 2 is 1.79 bits per heavy atom. The van der Waals surface area contributed by atoms with E-state index in [-0.39, 0.29) is 41.4 Å². The second kappa shape index (κ2) is 13.8. The number of fused-ring (bicyclic) bond motifs is 1. The van der Waals surface area contributed by atoms with Crippen LogP contribution < -0.4 is 0 Å². The van der Waals surface area contributed by atoms with Gasteiger partial charge in [0, 0.05) is 31.4 Å². The van der Waals surface area contributed by atoms with E-state index >= 15 is 0 Å². The van der Waals surface area contributed by atoms with Gasteiger partial charge in [-0.05, 0) is 30.2 Å². The Kier molecular flexibility index (Phi) is 10.6. The van der Waals surface area contributed by atoms with E-state index in [2.05, 4.69) is 27.0 Å². The number of unbranched alkanes of at least 4 members (excludes halogenated alkanes) is 2. The van der Waals surface area contributed by atoms with E-state index in [0.29, 0.717) is 26.2 Å². The number of hydrogen-bond acceptors (Lipinski definition) is 5. The van der Waals surface area contributed by atoms with Crippen LogP contribution in [0.3, 0.4) is 0 Å². The second-order valence-corrected chi connectivity index (χ2v) is 14.1. The summed E-state index contributed by atoms with van der Waals surface area (Å²) in [7, 11) is 0. The van der Waals surface area contributed by atoms with E-state index in [1.807, 2.05) is 49.1 Å². The number of carbonyl (C=O) groups is 3. The van der Waals surface area contributed by atoms with E-state index in [1.165, 1.54) is 0 Å². The van der Waals surface area contributed by atoms with Crippen LogP contribution in [0.2, 0.25) is 0 Å². The number of thioether (sulfide) groups is 1. The van der Waals surface area contributed by atoms with Gasteiger partial charge in [-0.15, -0.1) is 24.9 Å². The molecule has 1 spiro atoms. The van der Waals surface area contributed by atoms with Crippen LogP contribution in [0, 0.1) is 23.7 Å². The number of carbonyl (C=O) groups excluding carboxylic acids is 3. The fourth-order valence-electron chi connectivity index (χ4n) is 7.57. The Hall–Kier alpha value is -2.58. The highest BCUT2D eigenvalue weighted by Crippen LogP contribution is 2.69. The lowest BCUT2D eigenvalue weighted by atomic mass is 9.65. The van der Waals surface area contributed by atoms with Gasteiger partial charge in [-0.1, -0.05) is 83.0 Å². The van der Waals surface area contributed by atoms with Crippen molar-refractivity contribution in [2.45, 2.75) is 82.0 Å². The molecule has 0 aromatic heterocycles. The predicted molar refractivity (Wildman–Crippen MR) is 170 cm³/mol. The van der Waals surface area contributed by atoms with Crippen LogP contribution in [0.15, 0.2) is 55.6 Å². The van der Waals surface area contributed by atoms with Crippen molar-refractivity contribution in [1.29, 1.82) is 0 Å². The number of benzene rings is 1. The van der Waals surface area contributed by atoms with Gasteiger partial charge in [-0.3, -0.25) is 14.4 Å². The number of aliphatic hydroxyl groups is 1. The Bertz CT molecular complexity index is 1140. The Morgan fingerprint density at radius 3 is 2.38 bits per heavy atom. The van der Waals surface area contributed by atoms with E-state index in [4.69, 9.17) is 0 Å². The third kappa shape index (κ3) is 5.69. The zero-order valence-electron chi connectivity index (χ0n) is 25.8. The van der Waals surface area contributed by atoms with Crippen molar-refractivity contribution in [3.05, 3.63) is 61.2 Å². The number of aliphatic hydroxyl groups excluding tert-OH is 1. The maximum Gasteiger partial charge on any atom is 0.247 e. The van der Waals surface area contributed by atoms with E-state index in [0.717, 1.165) is 31.2 Å². The van der Waals surface area contributed by atoms with Gasteiger partial charge in [-0.2, -0.15) is 0 Å². The summed E-state index contributed by atoms with van der Waals surface area (Å²) in [5.41, 5.74) is 1.02. The molecule has 0 saturated carbocycles. The molecule has 3 saturated heterocycles. The number of hydrogen-bond donors (Lipinski definition) is 1. The molecule has 3 unspecified atom stereocenters. The minimum absolute atomic E-state index is 0.0402. The molecule has 230 valence electrons. The number of likely N-dealkylation sites (tertiary alicyclic amines) is 1. The SMILES string of the molecule is C=CCN(CCCCC)C(=O)C1N([C@@H](CO)C(C)C)C(=O)[C@@H]2[C@H](C(=O)N(CC=C)Cc3ccccc3)[C@@H]3CC(C)C12S3. The van der Waals surface area contributed by atoms with E-state index in [9.17, 15) is 19.5 Å². The van der Waals surface area contributed by atoms with Crippen molar-refractivity contribution in [1.82, 2.24) is 14.7 Å². The molecule has 0 aliphatic carbocycles. The van der Waals surface area contributed by atoms with Gasteiger partial charge in [0.2, 0.25) is 17.7 Å². The molecule has 0 radical (unpaired) electrons. The zero-order valence-corrected chi connectivity index (χ0v) is 26.6. The second-order valence-electron chi connectivity index (χ2n) is 12.6. The summed E-state index contributed by atoms with van der Waals surface area (Å²) < 4.78 is -0.724. The Morgan fingerprint density at radius 1 is 1.12 bits per heavy atom. The van der Waals surface area contributed by atoms with Gasteiger partial charge in [-0.25, -0.2) is 0 Å². The average molecular weight is 596 g/mol. The van der Waals surface area contributed by atoms with Crippen LogP contribution in [-0.2, 0) is 20.9 Å². The van der Waals surface area contributed by atoms with E-state index < -0.39 is 28.7 Å². The van der Waals surface area contributed by atoms with Gasteiger partial charge in [0.05, 0.1) is 29.2 Å². The summed E-state index contributed by atoms with van der Waals surface area (Å²) in [5, 5.41) is 10.5. The third-order valence-electron chi connectivity index (χ3n) is 9.59. The molecule has 3 aliphatic rings. The van der Waals surface area contributed by atoms with Crippen LogP contribution in [0.5, 0.6) is 0 Å². The van der Waals surface area contributed by atoms with Gasteiger partial charge in [0.15, 0.2) is 0 Å². The van der Waals surface area contributed by atoms with Crippen molar-refractivity contribution in [2.24, 2.45) is 23.7 Å². The van der Waals surface area contributed by atoms with Gasteiger partial charge in [0.25, 0.3) is 0 Å². The quantitative estimate of drug-likeness (QED) is 0.234. The predicted octanol–water partition coefficient (Wildman–Crippen LogP) is 4.76. The molecule has 3 heterocycles. The average Bonchev–Trinajstić information content (AvgIpc) is 3.56. The van der Waals surface area contributed by atoms with Crippen molar-refractivity contribution in [3.8, 4) is 0 Å². The molecule has 7 atom stereocenters. The number of rotatable bonds is 15. The first-order valence-electron chi connectivity index (χ1n) is 15.6. The molecule has 8 heteroatoms. The Labute approximate surface area is 256 Å². The fraction of sp³-hybridized carbons (Fsp3) is 0.618. The summed E-state index contributed by atoms with van der Waals surface area (Å²) in [6, 6.07) is 8.63. The smallest absolute Gasteiger partial charge is 0.247 e. The van der Waals surface area contributed by atoms with Crippen LogP contribution >= 0.6 is 11.8 Å². The highest BCUT2D eigenvalue weighted by molar-refractivity contribution is 8.02. The maximum atomic E-state index is 14.7. The fourth-order valence-corrected chi connectivity index (χ4v) is 9.97. The van der Waals surface area contributed by atoms with Crippen molar-refractivity contribution in [2.75, 3.05) is 26.2 Å². The van der Waals surface area contributed by atoms with Gasteiger partial charge in [0.1, 0.15) is 6.04 Å². The lowest BCUT2D eigenvalue weighted by Crippen LogP contribution is -2.60. The molecule has 3 amide bonds. The first-order valence-corrected chi connectivity index (χ1v) is 16.5. The number of nitrogens with zero attached hydrogens (tertiary/aromatic N) is 3. The molecule has 3 aliphatic heterocycles. The van der Waals surface area contributed by atoms with Crippen molar-refractivity contribution in [3.63, 3.8) is 0 Å². The van der Waals surface area contributed by atoms with Crippen molar-refractivity contribution >= 4 is 29.5 Å². The monoisotopic (exact) mass is 595 g/mol. The summed E-state index contributed by atoms with van der Waals surface area (Å²) in [5.74, 6) is -1.42. The lowest BCUT2D eigenvalue weighted by Gasteiger charge is -2.43. The molecular formula is C34H49N3O4S. The first-order chi connectivity index (χ1) is 20.2. The first kappa shape index (κ1) is 32.3. The van der Waals surface area contributed by atoms with Crippen molar-refractivity contribution < 1.29 is 19.5 Å².